The second kappa shape index (κ2) is 6.28. The average molecular weight is 359 g/mol. The zero-order valence-electron chi connectivity index (χ0n) is 13.0. The molecule has 3 rings (SSSR count). The maximum Gasteiger partial charge on any atom is 0.322 e. The molecule has 0 radical (unpaired) electrons. The number of carboxylic acids is 1. The maximum atomic E-state index is 11.3. The summed E-state index contributed by atoms with van der Waals surface area (Å²) >= 11 is 1.04. The van der Waals surface area contributed by atoms with Gasteiger partial charge in [0, 0.05) is 24.0 Å². The van der Waals surface area contributed by atoms with E-state index in [4.69, 9.17) is 16.2 Å². The quantitative estimate of drug-likeness (QED) is 0.466. The number of fused-ring (bicyclic) bond motifs is 1. The lowest BCUT2D eigenvalue weighted by Gasteiger charge is -2.02. The van der Waals surface area contributed by atoms with E-state index in [2.05, 4.69) is 20.4 Å². The number of carbonyl (C=O) groups is 2. The number of hydrogen-bond acceptors (Lipinski definition) is 8. The van der Waals surface area contributed by atoms with Crippen molar-refractivity contribution < 1.29 is 14.7 Å². The van der Waals surface area contributed by atoms with Gasteiger partial charge in [0.1, 0.15) is 28.0 Å². The van der Waals surface area contributed by atoms with E-state index in [1.807, 2.05) is 13.0 Å². The second-order valence-corrected chi connectivity index (χ2v) is 6.11. The number of aliphatic carboxylic acids is 1. The molecule has 0 aliphatic heterocycles. The van der Waals surface area contributed by atoms with Gasteiger partial charge < -0.3 is 16.2 Å². The largest absolute Gasteiger partial charge is 0.480 e. The summed E-state index contributed by atoms with van der Waals surface area (Å²) in [5, 5.41) is 23.9. The summed E-state index contributed by atoms with van der Waals surface area (Å²) in [4.78, 5) is 30.8. The molecular formula is C14H13N7O3S. The lowest BCUT2D eigenvalue weighted by Crippen LogP contribution is -2.24. The van der Waals surface area contributed by atoms with Crippen LogP contribution < -0.4 is 11.1 Å². The van der Waals surface area contributed by atoms with Crippen molar-refractivity contribution in [1.29, 1.82) is 5.41 Å². The van der Waals surface area contributed by atoms with Gasteiger partial charge >= 0.3 is 5.97 Å². The molecule has 0 saturated heterocycles. The number of anilines is 1. The number of amides is 1. The van der Waals surface area contributed by atoms with Crippen LogP contribution in [0.3, 0.4) is 0 Å². The van der Waals surface area contributed by atoms with Crippen molar-refractivity contribution in [3.63, 3.8) is 0 Å². The summed E-state index contributed by atoms with van der Waals surface area (Å²) in [6, 6.07) is 1.82. The first-order valence-electron chi connectivity index (χ1n) is 7.03. The predicted molar refractivity (Wildman–Crippen MR) is 91.0 cm³/mol. The molecule has 0 fully saturated rings. The molecule has 1 amide bonds. The van der Waals surface area contributed by atoms with Gasteiger partial charge in [-0.3, -0.25) is 15.0 Å². The first-order valence-corrected chi connectivity index (χ1v) is 7.84. The Kier molecular flexibility index (Phi) is 4.15. The molecule has 11 heteroatoms. The van der Waals surface area contributed by atoms with Crippen LogP contribution in [-0.2, 0) is 9.59 Å². The molecule has 0 aliphatic carbocycles. The monoisotopic (exact) mass is 359 g/mol. The molecule has 25 heavy (non-hydrogen) atoms. The van der Waals surface area contributed by atoms with E-state index < -0.39 is 24.1 Å². The molecule has 5 N–H and O–H groups in total. The van der Waals surface area contributed by atoms with Crippen LogP contribution in [0.15, 0.2) is 18.5 Å². The Morgan fingerprint density at radius 1 is 1.48 bits per heavy atom. The van der Waals surface area contributed by atoms with E-state index in [1.165, 1.54) is 0 Å². The fourth-order valence-electron chi connectivity index (χ4n) is 2.11. The van der Waals surface area contributed by atoms with Crippen molar-refractivity contribution >= 4 is 40.4 Å². The fraction of sp³-hybridized carbons (Fsp3) is 0.143. The highest BCUT2D eigenvalue weighted by Gasteiger charge is 2.20. The molecule has 0 atom stereocenters. The van der Waals surface area contributed by atoms with Crippen molar-refractivity contribution in [3.05, 3.63) is 29.0 Å². The highest BCUT2D eigenvalue weighted by Crippen LogP contribution is 2.31. The van der Waals surface area contributed by atoms with Crippen LogP contribution in [0.4, 0.5) is 5.82 Å². The van der Waals surface area contributed by atoms with Gasteiger partial charge in [-0.1, -0.05) is 0 Å². The van der Waals surface area contributed by atoms with E-state index in [9.17, 15) is 9.59 Å². The van der Waals surface area contributed by atoms with Gasteiger partial charge in [0.25, 0.3) is 5.91 Å². The molecule has 10 nitrogen and oxygen atoms in total. The number of carboxylic acid groups (broad SMARTS) is 1. The molecule has 3 heterocycles. The Bertz CT molecular complexity index is 1010. The van der Waals surface area contributed by atoms with Crippen molar-refractivity contribution in [2.75, 3.05) is 11.9 Å². The molecular weight excluding hydrogens is 346 g/mol. The number of hydrogen-bond donors (Lipinski definition) is 4. The number of carbonyl (C=O) groups excluding carboxylic acids is 1. The molecule has 3 aromatic rings. The molecule has 0 bridgehead atoms. The Balaban J connectivity index is 2.04. The first kappa shape index (κ1) is 16.5. The van der Waals surface area contributed by atoms with Crippen LogP contribution >= 0.6 is 11.3 Å². The zero-order chi connectivity index (χ0) is 18.1. The van der Waals surface area contributed by atoms with E-state index in [1.54, 1.807) is 16.9 Å². The van der Waals surface area contributed by atoms with E-state index in [-0.39, 0.29) is 10.7 Å². The number of nitrogens with two attached hydrogens (primary N) is 1. The van der Waals surface area contributed by atoms with Gasteiger partial charge in [-0.2, -0.15) is 5.10 Å². The third-order valence-corrected chi connectivity index (χ3v) is 4.31. The lowest BCUT2D eigenvalue weighted by molar-refractivity contribution is -0.134. The van der Waals surface area contributed by atoms with Crippen molar-refractivity contribution in [1.82, 2.24) is 19.6 Å². The molecule has 0 unspecified atom stereocenters. The van der Waals surface area contributed by atoms with E-state index in [0.29, 0.717) is 16.2 Å². The van der Waals surface area contributed by atoms with Crippen LogP contribution in [-0.4, -0.2) is 48.8 Å². The number of nitrogens with one attached hydrogen (secondary N) is 2. The van der Waals surface area contributed by atoms with Gasteiger partial charge in [-0.15, -0.1) is 11.3 Å². The van der Waals surface area contributed by atoms with Crippen LogP contribution in [0.2, 0.25) is 0 Å². The molecule has 128 valence electrons. The van der Waals surface area contributed by atoms with E-state index >= 15 is 0 Å². The topological polar surface area (TPSA) is 159 Å². The van der Waals surface area contributed by atoms with Crippen molar-refractivity contribution in [2.45, 2.75) is 6.92 Å². The van der Waals surface area contributed by atoms with Crippen LogP contribution in [0.25, 0.3) is 16.2 Å². The SMILES string of the molecule is Cc1cc2ncc(-c3nc(NCC(=O)O)c(C(=N)C(N)=O)s3)cn2n1. The fourth-order valence-corrected chi connectivity index (χ4v) is 3.08. The molecule has 0 aromatic carbocycles. The number of nitrogens with zero attached hydrogens (tertiary/aromatic N) is 4. The number of aromatic nitrogens is 4. The molecule has 0 spiro atoms. The van der Waals surface area contributed by atoms with Gasteiger partial charge in [0.2, 0.25) is 0 Å². The first-order chi connectivity index (χ1) is 11.8. The third-order valence-electron chi connectivity index (χ3n) is 3.19. The summed E-state index contributed by atoms with van der Waals surface area (Å²) < 4.78 is 1.59. The zero-order valence-corrected chi connectivity index (χ0v) is 13.8. The van der Waals surface area contributed by atoms with E-state index in [0.717, 1.165) is 17.0 Å². The van der Waals surface area contributed by atoms with Gasteiger partial charge in [0.15, 0.2) is 5.65 Å². The molecule has 0 saturated carbocycles. The van der Waals surface area contributed by atoms with Crippen LogP contribution in [0.1, 0.15) is 10.6 Å². The lowest BCUT2D eigenvalue weighted by atomic mass is 10.3. The summed E-state index contributed by atoms with van der Waals surface area (Å²) in [7, 11) is 0. The highest BCUT2D eigenvalue weighted by molar-refractivity contribution is 7.18. The summed E-state index contributed by atoms with van der Waals surface area (Å²) in [6.07, 6.45) is 3.31. The summed E-state index contributed by atoms with van der Waals surface area (Å²) in [5.74, 6) is -1.91. The Labute approximate surface area is 144 Å². The number of thiazole rings is 1. The maximum absolute atomic E-state index is 11.3. The van der Waals surface area contributed by atoms with Crippen LogP contribution in [0, 0.1) is 12.3 Å². The number of rotatable bonds is 6. The van der Waals surface area contributed by atoms with Crippen LogP contribution in [0.5, 0.6) is 0 Å². The van der Waals surface area contributed by atoms with Crippen molar-refractivity contribution in [3.8, 4) is 10.6 Å². The highest BCUT2D eigenvalue weighted by atomic mass is 32.1. The Hall–Kier alpha value is -3.34. The number of aryl methyl sites for hydroxylation is 1. The van der Waals surface area contributed by atoms with Gasteiger partial charge in [-0.05, 0) is 6.92 Å². The standard InChI is InChI=1S/C14H13N7O3S/c1-6-2-8-17-3-7(5-21(8)20-6)14-19-13(18-4-9(22)23)11(25-14)10(15)12(16)24/h2-3,5,15,18H,4H2,1H3,(H2,16,24)(H,22,23). The average Bonchev–Trinajstić information content (AvgIpc) is 3.13. The minimum absolute atomic E-state index is 0.114. The summed E-state index contributed by atoms with van der Waals surface area (Å²) in [5.41, 5.74) is 6.81. The normalized spacial score (nSPS) is 10.8. The number of primary amides is 1. The smallest absolute Gasteiger partial charge is 0.322 e. The minimum Gasteiger partial charge on any atom is -0.480 e. The molecule has 3 aromatic heterocycles. The summed E-state index contributed by atoms with van der Waals surface area (Å²) in [6.45, 7) is 1.44. The third kappa shape index (κ3) is 3.30. The second-order valence-electron chi connectivity index (χ2n) is 5.11. The Morgan fingerprint density at radius 2 is 2.24 bits per heavy atom. The Morgan fingerprint density at radius 3 is 2.92 bits per heavy atom. The van der Waals surface area contributed by atoms with Gasteiger partial charge in [0.05, 0.1) is 5.69 Å². The van der Waals surface area contributed by atoms with Gasteiger partial charge in [-0.25, -0.2) is 14.5 Å². The predicted octanol–water partition coefficient (Wildman–Crippen LogP) is 0.511. The van der Waals surface area contributed by atoms with Crippen molar-refractivity contribution in [2.24, 2.45) is 5.73 Å². The molecule has 0 aliphatic rings. The minimum atomic E-state index is -1.10.